The monoisotopic (exact) mass is 316 g/mol. The molecule has 2 aromatic rings. The van der Waals surface area contributed by atoms with E-state index in [2.05, 4.69) is 37.3 Å². The van der Waals surface area contributed by atoms with Crippen LogP contribution < -0.4 is 10.2 Å². The van der Waals surface area contributed by atoms with Gasteiger partial charge in [-0.15, -0.1) is 0 Å². The molecule has 0 spiro atoms. The van der Waals surface area contributed by atoms with E-state index in [0.29, 0.717) is 12.0 Å². The van der Waals surface area contributed by atoms with E-state index < -0.39 is 0 Å². The third-order valence-corrected chi connectivity index (χ3v) is 4.78. The van der Waals surface area contributed by atoms with Crippen LogP contribution in [-0.4, -0.2) is 52.0 Å². The molecule has 1 saturated carbocycles. The number of rotatable bonds is 3. The zero-order valence-electron chi connectivity index (χ0n) is 13.6. The Kier molecular flexibility index (Phi) is 4.03. The lowest BCUT2D eigenvalue weighted by atomic mass is 9.96. The van der Waals surface area contributed by atoms with E-state index in [0.717, 1.165) is 36.5 Å². The molecule has 1 aliphatic carbocycles. The number of H-pyrrole nitrogens is 1. The van der Waals surface area contributed by atoms with E-state index in [-0.39, 0.29) is 6.10 Å². The van der Waals surface area contributed by atoms with Crippen LogP contribution in [0.4, 0.5) is 11.8 Å². The molecule has 1 aliphatic heterocycles. The van der Waals surface area contributed by atoms with Crippen molar-refractivity contribution in [3.05, 3.63) is 6.20 Å². The van der Waals surface area contributed by atoms with Crippen molar-refractivity contribution in [1.29, 1.82) is 0 Å². The molecule has 3 heterocycles. The standard InChI is InChI=1S/C16H24N6O/c1-11-10-22(7-8-23-11)15-13-9-17-16(19-14(13)20-21-15)18-12-5-3-2-4-6-12/h9,11-12H,2-8,10H2,1H3,(H2,17,18,19,20,21)/t11-/m0/s1. The molecular weight excluding hydrogens is 292 g/mol. The quantitative estimate of drug-likeness (QED) is 0.905. The van der Waals surface area contributed by atoms with E-state index in [1.807, 2.05) is 6.20 Å². The maximum absolute atomic E-state index is 5.60. The zero-order valence-corrected chi connectivity index (χ0v) is 13.6. The predicted octanol–water partition coefficient (Wildman–Crippen LogP) is 2.32. The molecule has 2 aliphatic rings. The molecular formula is C16H24N6O. The average molecular weight is 316 g/mol. The van der Waals surface area contributed by atoms with Crippen molar-refractivity contribution in [2.75, 3.05) is 29.9 Å². The van der Waals surface area contributed by atoms with Gasteiger partial charge in [0.1, 0.15) is 0 Å². The zero-order chi connectivity index (χ0) is 15.6. The minimum atomic E-state index is 0.226. The Labute approximate surface area is 135 Å². The van der Waals surface area contributed by atoms with Crippen molar-refractivity contribution in [3.8, 4) is 0 Å². The van der Waals surface area contributed by atoms with Crippen molar-refractivity contribution in [1.82, 2.24) is 20.2 Å². The number of hydrogen-bond acceptors (Lipinski definition) is 6. The molecule has 2 fully saturated rings. The lowest BCUT2D eigenvalue weighted by molar-refractivity contribution is 0.0530. The highest BCUT2D eigenvalue weighted by atomic mass is 16.5. The Balaban J connectivity index is 1.53. The van der Waals surface area contributed by atoms with Gasteiger partial charge in [0.05, 0.1) is 18.1 Å². The molecule has 0 aromatic carbocycles. The fourth-order valence-corrected chi connectivity index (χ4v) is 3.55. The van der Waals surface area contributed by atoms with Gasteiger partial charge in [-0.1, -0.05) is 19.3 Å². The van der Waals surface area contributed by atoms with Gasteiger partial charge in [0.15, 0.2) is 11.5 Å². The van der Waals surface area contributed by atoms with Crippen LogP contribution in [0.5, 0.6) is 0 Å². The largest absolute Gasteiger partial charge is 0.375 e. The highest BCUT2D eigenvalue weighted by Crippen LogP contribution is 2.25. The van der Waals surface area contributed by atoms with Crippen LogP contribution in [0.25, 0.3) is 11.0 Å². The maximum Gasteiger partial charge on any atom is 0.224 e. The van der Waals surface area contributed by atoms with Gasteiger partial charge in [-0.3, -0.25) is 5.10 Å². The number of aromatic amines is 1. The first-order valence-corrected chi connectivity index (χ1v) is 8.64. The van der Waals surface area contributed by atoms with Gasteiger partial charge in [0.2, 0.25) is 5.95 Å². The van der Waals surface area contributed by atoms with Gasteiger partial charge in [-0.2, -0.15) is 10.1 Å². The molecule has 124 valence electrons. The van der Waals surface area contributed by atoms with Crippen molar-refractivity contribution in [2.45, 2.75) is 51.2 Å². The highest BCUT2D eigenvalue weighted by Gasteiger charge is 2.22. The SMILES string of the molecule is C[C@H]1CN(c2n[nH]c3nc(NC4CCCCC4)ncc23)CCO1. The second-order valence-corrected chi connectivity index (χ2v) is 6.61. The van der Waals surface area contributed by atoms with Crippen molar-refractivity contribution < 1.29 is 4.74 Å². The van der Waals surface area contributed by atoms with Gasteiger partial charge in [0, 0.05) is 25.3 Å². The summed E-state index contributed by atoms with van der Waals surface area (Å²) in [6.07, 6.45) is 8.46. The Morgan fingerprint density at radius 3 is 3.00 bits per heavy atom. The summed E-state index contributed by atoms with van der Waals surface area (Å²) in [5.74, 6) is 1.63. The summed E-state index contributed by atoms with van der Waals surface area (Å²) in [7, 11) is 0. The van der Waals surface area contributed by atoms with E-state index in [4.69, 9.17) is 4.74 Å². The number of aromatic nitrogens is 4. The summed E-state index contributed by atoms with van der Waals surface area (Å²) in [4.78, 5) is 11.4. The molecule has 0 radical (unpaired) electrons. The number of ether oxygens (including phenoxy) is 1. The van der Waals surface area contributed by atoms with Crippen LogP contribution in [-0.2, 0) is 4.74 Å². The number of hydrogen-bond donors (Lipinski definition) is 2. The number of anilines is 2. The van der Waals surface area contributed by atoms with Gasteiger partial charge in [-0.25, -0.2) is 4.98 Å². The minimum absolute atomic E-state index is 0.226. The second-order valence-electron chi connectivity index (χ2n) is 6.61. The molecule has 2 N–H and O–H groups in total. The lowest BCUT2D eigenvalue weighted by Crippen LogP contribution is -2.41. The summed E-state index contributed by atoms with van der Waals surface area (Å²) in [6, 6.07) is 0.503. The van der Waals surface area contributed by atoms with Crippen LogP contribution in [0.3, 0.4) is 0 Å². The maximum atomic E-state index is 5.60. The van der Waals surface area contributed by atoms with Crippen LogP contribution in [0.2, 0.25) is 0 Å². The minimum Gasteiger partial charge on any atom is -0.375 e. The average Bonchev–Trinajstić information content (AvgIpc) is 2.99. The first kappa shape index (κ1) is 14.7. The number of fused-ring (bicyclic) bond motifs is 1. The molecule has 7 nitrogen and oxygen atoms in total. The first-order chi connectivity index (χ1) is 11.3. The topological polar surface area (TPSA) is 79.0 Å². The Morgan fingerprint density at radius 1 is 1.30 bits per heavy atom. The predicted molar refractivity (Wildman–Crippen MR) is 89.8 cm³/mol. The molecule has 1 saturated heterocycles. The van der Waals surface area contributed by atoms with E-state index >= 15 is 0 Å². The van der Waals surface area contributed by atoms with E-state index in [9.17, 15) is 0 Å². The Hall–Kier alpha value is -1.89. The molecule has 2 aromatic heterocycles. The second kappa shape index (κ2) is 6.31. The van der Waals surface area contributed by atoms with Crippen molar-refractivity contribution in [3.63, 3.8) is 0 Å². The third kappa shape index (κ3) is 3.10. The molecule has 7 heteroatoms. The normalized spacial score (nSPS) is 23.3. The first-order valence-electron chi connectivity index (χ1n) is 8.64. The smallest absolute Gasteiger partial charge is 0.224 e. The van der Waals surface area contributed by atoms with Gasteiger partial charge in [-0.05, 0) is 19.8 Å². The molecule has 4 rings (SSSR count). The van der Waals surface area contributed by atoms with E-state index in [1.54, 1.807) is 0 Å². The Morgan fingerprint density at radius 2 is 2.17 bits per heavy atom. The molecule has 23 heavy (non-hydrogen) atoms. The van der Waals surface area contributed by atoms with Crippen LogP contribution in [0, 0.1) is 0 Å². The van der Waals surface area contributed by atoms with Crippen molar-refractivity contribution >= 4 is 22.8 Å². The lowest BCUT2D eigenvalue weighted by Gasteiger charge is -2.31. The number of morpholine rings is 1. The highest BCUT2D eigenvalue weighted by molar-refractivity contribution is 5.87. The van der Waals surface area contributed by atoms with Crippen LogP contribution in [0.15, 0.2) is 6.20 Å². The molecule has 0 unspecified atom stereocenters. The summed E-state index contributed by atoms with van der Waals surface area (Å²) >= 11 is 0. The summed E-state index contributed by atoms with van der Waals surface area (Å²) in [5, 5.41) is 12.0. The molecule has 1 atom stereocenters. The van der Waals surface area contributed by atoms with Gasteiger partial charge in [0.25, 0.3) is 0 Å². The summed E-state index contributed by atoms with van der Waals surface area (Å²) in [5.41, 5.74) is 0.799. The van der Waals surface area contributed by atoms with E-state index in [1.165, 1.54) is 32.1 Å². The number of nitrogens with zero attached hydrogens (tertiary/aromatic N) is 4. The van der Waals surface area contributed by atoms with Gasteiger partial charge < -0.3 is 15.0 Å². The Bertz CT molecular complexity index is 666. The van der Waals surface area contributed by atoms with Crippen LogP contribution in [0.1, 0.15) is 39.0 Å². The van der Waals surface area contributed by atoms with Crippen molar-refractivity contribution in [2.24, 2.45) is 0 Å². The molecule has 0 amide bonds. The van der Waals surface area contributed by atoms with Crippen LogP contribution >= 0.6 is 0 Å². The molecule has 0 bridgehead atoms. The fraction of sp³-hybridized carbons (Fsp3) is 0.688. The van der Waals surface area contributed by atoms with Gasteiger partial charge >= 0.3 is 0 Å². The fourth-order valence-electron chi connectivity index (χ4n) is 3.55. The summed E-state index contributed by atoms with van der Waals surface area (Å²) in [6.45, 7) is 4.52. The summed E-state index contributed by atoms with van der Waals surface area (Å²) < 4.78 is 5.60. The number of nitrogens with one attached hydrogen (secondary N) is 2. The third-order valence-electron chi connectivity index (χ3n) is 4.78.